The van der Waals surface area contributed by atoms with Gasteiger partial charge in [0.05, 0.1) is 6.04 Å². The van der Waals surface area contributed by atoms with Crippen molar-refractivity contribution in [3.63, 3.8) is 0 Å². The molecule has 1 aliphatic heterocycles. The molecule has 3 rings (SSSR count). The molecule has 3 N–H and O–H groups in total. The van der Waals surface area contributed by atoms with E-state index in [0.29, 0.717) is 18.1 Å². The minimum Gasteiger partial charge on any atom is -0.347 e. The molecule has 0 amide bonds. The van der Waals surface area contributed by atoms with Gasteiger partial charge in [-0.2, -0.15) is 0 Å². The Morgan fingerprint density at radius 1 is 1.40 bits per heavy atom. The molecule has 0 radical (unpaired) electrons. The number of hydrogen-bond donors (Lipinski definition) is 2. The van der Waals surface area contributed by atoms with E-state index in [-0.39, 0.29) is 0 Å². The largest absolute Gasteiger partial charge is 0.347 e. The van der Waals surface area contributed by atoms with Crippen molar-refractivity contribution in [3.8, 4) is 0 Å². The second-order valence-corrected chi connectivity index (χ2v) is 4.86. The summed E-state index contributed by atoms with van der Waals surface area (Å²) in [5.74, 6) is 0. The van der Waals surface area contributed by atoms with E-state index in [1.54, 1.807) is 0 Å². The van der Waals surface area contributed by atoms with E-state index >= 15 is 0 Å². The number of nitrogens with zero attached hydrogens (tertiary/aromatic N) is 1. The van der Waals surface area contributed by atoms with Gasteiger partial charge in [0, 0.05) is 36.9 Å². The van der Waals surface area contributed by atoms with Crippen LogP contribution in [0.15, 0.2) is 18.3 Å². The van der Waals surface area contributed by atoms with E-state index in [9.17, 15) is 0 Å². The van der Waals surface area contributed by atoms with Crippen molar-refractivity contribution in [2.75, 3.05) is 6.54 Å². The Morgan fingerprint density at radius 3 is 3.27 bits per heavy atom. The molecule has 0 saturated heterocycles. The fourth-order valence-electron chi connectivity index (χ4n) is 3.07. The van der Waals surface area contributed by atoms with Crippen LogP contribution in [0.4, 0.5) is 0 Å². The van der Waals surface area contributed by atoms with Crippen molar-refractivity contribution in [1.82, 2.24) is 9.88 Å². The highest BCUT2D eigenvalue weighted by Gasteiger charge is 2.31. The molecule has 1 aliphatic carbocycles. The van der Waals surface area contributed by atoms with Crippen LogP contribution in [0.1, 0.15) is 31.0 Å². The molecule has 3 unspecified atom stereocenters. The molecule has 3 atom stereocenters. The van der Waals surface area contributed by atoms with Gasteiger partial charge in [-0.1, -0.05) is 0 Å². The van der Waals surface area contributed by atoms with Crippen molar-refractivity contribution in [1.29, 1.82) is 0 Å². The minimum atomic E-state index is 0.390. The third-order valence-corrected chi connectivity index (χ3v) is 3.87. The Morgan fingerprint density at radius 2 is 2.33 bits per heavy atom. The van der Waals surface area contributed by atoms with Gasteiger partial charge in [0.1, 0.15) is 0 Å². The van der Waals surface area contributed by atoms with Crippen LogP contribution in [0.25, 0.3) is 0 Å². The van der Waals surface area contributed by atoms with Gasteiger partial charge in [0.15, 0.2) is 0 Å². The van der Waals surface area contributed by atoms with Gasteiger partial charge >= 0.3 is 0 Å². The lowest BCUT2D eigenvalue weighted by Crippen LogP contribution is -2.44. The summed E-state index contributed by atoms with van der Waals surface area (Å²) in [6, 6.07) is 6.02. The first-order chi connectivity index (χ1) is 7.34. The maximum atomic E-state index is 6.08. The highest BCUT2D eigenvalue weighted by atomic mass is 15.1. The van der Waals surface area contributed by atoms with Gasteiger partial charge in [-0.3, -0.25) is 0 Å². The summed E-state index contributed by atoms with van der Waals surface area (Å²) < 4.78 is 2.45. The molecule has 2 aliphatic rings. The normalized spacial score (nSPS) is 35.4. The Labute approximate surface area is 90.6 Å². The van der Waals surface area contributed by atoms with Crippen molar-refractivity contribution in [2.24, 2.45) is 5.73 Å². The van der Waals surface area contributed by atoms with Gasteiger partial charge in [0.2, 0.25) is 0 Å². The standard InChI is InChI=1S/C12H19N3/c13-9-3-4-11-12(8-9)15-7-1-2-10(15)5-6-14-11/h1-2,7,9,11-12,14H,3-6,8,13H2. The zero-order valence-corrected chi connectivity index (χ0v) is 9.02. The summed E-state index contributed by atoms with van der Waals surface area (Å²) in [5, 5.41) is 3.66. The van der Waals surface area contributed by atoms with Crippen molar-refractivity contribution < 1.29 is 0 Å². The van der Waals surface area contributed by atoms with E-state index in [2.05, 4.69) is 28.2 Å². The molecule has 15 heavy (non-hydrogen) atoms. The number of aromatic nitrogens is 1. The van der Waals surface area contributed by atoms with Crippen LogP contribution in [0.5, 0.6) is 0 Å². The number of hydrogen-bond acceptors (Lipinski definition) is 2. The van der Waals surface area contributed by atoms with Crippen LogP contribution in [0, 0.1) is 0 Å². The van der Waals surface area contributed by atoms with Crippen LogP contribution in [-0.4, -0.2) is 23.2 Å². The Bertz CT molecular complexity index is 344. The van der Waals surface area contributed by atoms with E-state index in [1.807, 2.05) is 0 Å². The predicted molar refractivity (Wildman–Crippen MR) is 60.8 cm³/mol. The van der Waals surface area contributed by atoms with Crippen LogP contribution in [0.3, 0.4) is 0 Å². The van der Waals surface area contributed by atoms with E-state index in [0.717, 1.165) is 19.4 Å². The van der Waals surface area contributed by atoms with Crippen LogP contribution in [0.2, 0.25) is 0 Å². The highest BCUT2D eigenvalue weighted by Crippen LogP contribution is 2.31. The molecule has 1 saturated carbocycles. The van der Waals surface area contributed by atoms with Gasteiger partial charge in [-0.25, -0.2) is 0 Å². The molecule has 0 bridgehead atoms. The van der Waals surface area contributed by atoms with Crippen molar-refractivity contribution in [2.45, 2.75) is 43.8 Å². The van der Waals surface area contributed by atoms with E-state index in [4.69, 9.17) is 5.73 Å². The molecule has 82 valence electrons. The summed E-state index contributed by atoms with van der Waals surface area (Å²) in [4.78, 5) is 0. The monoisotopic (exact) mass is 205 g/mol. The smallest absolute Gasteiger partial charge is 0.0501 e. The van der Waals surface area contributed by atoms with Crippen molar-refractivity contribution >= 4 is 0 Å². The summed E-state index contributed by atoms with van der Waals surface area (Å²) in [6.45, 7) is 1.11. The average Bonchev–Trinajstić information content (AvgIpc) is 2.62. The molecule has 0 aromatic carbocycles. The lowest BCUT2D eigenvalue weighted by Gasteiger charge is -2.35. The lowest BCUT2D eigenvalue weighted by atomic mass is 9.87. The summed E-state index contributed by atoms with van der Waals surface area (Å²) >= 11 is 0. The topological polar surface area (TPSA) is 43.0 Å². The zero-order valence-electron chi connectivity index (χ0n) is 9.02. The van der Waals surface area contributed by atoms with Gasteiger partial charge in [0.25, 0.3) is 0 Å². The predicted octanol–water partition coefficient (Wildman–Crippen LogP) is 1.05. The lowest BCUT2D eigenvalue weighted by molar-refractivity contribution is 0.252. The quantitative estimate of drug-likeness (QED) is 0.665. The molecule has 1 fully saturated rings. The van der Waals surface area contributed by atoms with Crippen molar-refractivity contribution in [3.05, 3.63) is 24.0 Å². The SMILES string of the molecule is NC1CCC2NCCc3cccn3C2C1. The number of rotatable bonds is 0. The number of nitrogens with two attached hydrogens (primary N) is 1. The Kier molecular flexibility index (Phi) is 2.29. The molecule has 1 aromatic heterocycles. The molecular formula is C12H19N3. The maximum Gasteiger partial charge on any atom is 0.0501 e. The first-order valence-electron chi connectivity index (χ1n) is 5.99. The van der Waals surface area contributed by atoms with E-state index < -0.39 is 0 Å². The molecule has 3 heteroatoms. The van der Waals surface area contributed by atoms with Gasteiger partial charge < -0.3 is 15.6 Å². The van der Waals surface area contributed by atoms with Crippen LogP contribution < -0.4 is 11.1 Å². The summed E-state index contributed by atoms with van der Waals surface area (Å²) in [7, 11) is 0. The maximum absolute atomic E-state index is 6.08. The van der Waals surface area contributed by atoms with Crippen LogP contribution in [-0.2, 0) is 6.42 Å². The number of fused-ring (bicyclic) bond motifs is 3. The van der Waals surface area contributed by atoms with E-state index in [1.165, 1.54) is 18.5 Å². The molecular weight excluding hydrogens is 186 g/mol. The zero-order chi connectivity index (χ0) is 10.3. The van der Waals surface area contributed by atoms with Gasteiger partial charge in [-0.05, 0) is 31.4 Å². The fraction of sp³-hybridized carbons (Fsp3) is 0.667. The third-order valence-electron chi connectivity index (χ3n) is 3.87. The second-order valence-electron chi connectivity index (χ2n) is 4.86. The molecule has 2 heterocycles. The Hall–Kier alpha value is -0.800. The number of nitrogens with one attached hydrogen (secondary N) is 1. The minimum absolute atomic E-state index is 0.390. The molecule has 0 spiro atoms. The first-order valence-corrected chi connectivity index (χ1v) is 5.99. The molecule has 3 nitrogen and oxygen atoms in total. The highest BCUT2D eigenvalue weighted by molar-refractivity contribution is 5.13. The van der Waals surface area contributed by atoms with Gasteiger partial charge in [-0.15, -0.1) is 0 Å². The first kappa shape index (κ1) is 9.43. The molecule has 1 aromatic rings. The summed E-state index contributed by atoms with van der Waals surface area (Å²) in [5.41, 5.74) is 7.54. The fourth-order valence-corrected chi connectivity index (χ4v) is 3.07. The third kappa shape index (κ3) is 1.60. The Balaban J connectivity index is 1.94. The second kappa shape index (κ2) is 3.65. The average molecular weight is 205 g/mol. The summed E-state index contributed by atoms with van der Waals surface area (Å²) in [6.07, 6.45) is 6.89. The van der Waals surface area contributed by atoms with Crippen LogP contribution >= 0.6 is 0 Å².